The molecule has 0 aromatic heterocycles. The van der Waals surface area contributed by atoms with Gasteiger partial charge in [-0.1, -0.05) is 24.3 Å². The number of fused-ring (bicyclic) bond motifs is 3. The highest BCUT2D eigenvalue weighted by Crippen LogP contribution is 2.55. The van der Waals surface area contributed by atoms with E-state index in [0.29, 0.717) is 19.3 Å². The normalized spacial score (nSPS) is 32.2. The van der Waals surface area contributed by atoms with Gasteiger partial charge < -0.3 is 10.1 Å². The van der Waals surface area contributed by atoms with Gasteiger partial charge in [-0.15, -0.1) is 0 Å². The minimum atomic E-state index is -0.667. The summed E-state index contributed by atoms with van der Waals surface area (Å²) < 4.78 is 5.04. The third-order valence-corrected chi connectivity index (χ3v) is 4.75. The van der Waals surface area contributed by atoms with Gasteiger partial charge in [0.1, 0.15) is 0 Å². The summed E-state index contributed by atoms with van der Waals surface area (Å²) in [5.41, 5.74) is 0.830. The summed E-state index contributed by atoms with van der Waals surface area (Å²) in [4.78, 5) is 24.2. The quantitative estimate of drug-likeness (QED) is 0.778. The second kappa shape index (κ2) is 3.83. The summed E-state index contributed by atoms with van der Waals surface area (Å²) in [7, 11) is 1.41. The molecule has 3 rings (SSSR count). The monoisotopic (exact) mass is 259 g/mol. The van der Waals surface area contributed by atoms with E-state index >= 15 is 0 Å². The first-order valence-electron chi connectivity index (χ1n) is 6.51. The molecule has 2 atom stereocenters. The Hall–Kier alpha value is -1.84. The average molecular weight is 259 g/mol. The van der Waals surface area contributed by atoms with Gasteiger partial charge in [-0.2, -0.15) is 0 Å². The van der Waals surface area contributed by atoms with Crippen molar-refractivity contribution in [3.63, 3.8) is 0 Å². The van der Waals surface area contributed by atoms with Crippen molar-refractivity contribution in [1.29, 1.82) is 0 Å². The number of hydrogen-bond acceptors (Lipinski definition) is 3. The van der Waals surface area contributed by atoms with Crippen molar-refractivity contribution in [2.45, 2.75) is 31.7 Å². The van der Waals surface area contributed by atoms with Crippen LogP contribution in [0.1, 0.15) is 30.9 Å². The third-order valence-electron chi connectivity index (χ3n) is 4.75. The van der Waals surface area contributed by atoms with Gasteiger partial charge in [0, 0.05) is 6.42 Å². The Balaban J connectivity index is 2.20. The topological polar surface area (TPSA) is 55.4 Å². The number of benzene rings is 1. The summed E-state index contributed by atoms with van der Waals surface area (Å²) in [6, 6.07) is 7.92. The van der Waals surface area contributed by atoms with Gasteiger partial charge in [0.2, 0.25) is 5.91 Å². The van der Waals surface area contributed by atoms with Crippen LogP contribution < -0.4 is 5.32 Å². The van der Waals surface area contributed by atoms with Crippen LogP contribution in [0.3, 0.4) is 0 Å². The van der Waals surface area contributed by atoms with Gasteiger partial charge in [-0.25, -0.2) is 0 Å². The number of hydrogen-bond donors (Lipinski definition) is 1. The Morgan fingerprint density at radius 3 is 2.84 bits per heavy atom. The van der Waals surface area contributed by atoms with Crippen LogP contribution in [0.25, 0.3) is 0 Å². The third kappa shape index (κ3) is 1.40. The smallest absolute Gasteiger partial charge is 0.314 e. The molecule has 1 aromatic rings. The molecule has 1 N–H and O–H groups in total. The molecular formula is C15H17NO3. The Bertz CT molecular complexity index is 568. The Labute approximate surface area is 112 Å². The molecule has 1 saturated heterocycles. The predicted octanol–water partition coefficient (Wildman–Crippen LogP) is 1.53. The van der Waals surface area contributed by atoms with Crippen LogP contribution in [-0.4, -0.2) is 19.0 Å². The summed E-state index contributed by atoms with van der Waals surface area (Å²) in [6.45, 7) is 1.94. The summed E-state index contributed by atoms with van der Waals surface area (Å²) in [6.07, 6.45) is 1.54. The lowest BCUT2D eigenvalue weighted by Crippen LogP contribution is -2.60. The molecule has 2 aliphatic rings. The first kappa shape index (κ1) is 12.2. The lowest BCUT2D eigenvalue weighted by molar-refractivity contribution is -0.162. The summed E-state index contributed by atoms with van der Waals surface area (Å²) in [5.74, 6) is -0.232. The molecule has 1 amide bonds. The molecule has 19 heavy (non-hydrogen) atoms. The maximum Gasteiger partial charge on any atom is 0.314 e. The van der Waals surface area contributed by atoms with Crippen molar-refractivity contribution < 1.29 is 14.3 Å². The standard InChI is InChI=1S/C15H17NO3/c1-14-11-6-4-3-5-10(11)9-15(14,13(18)19-2)8-7-12(17)16-14/h3-6H,7-9H2,1-2H3,(H,16,17). The van der Waals surface area contributed by atoms with E-state index in [4.69, 9.17) is 4.74 Å². The molecule has 100 valence electrons. The lowest BCUT2D eigenvalue weighted by atomic mass is 9.65. The Morgan fingerprint density at radius 1 is 1.37 bits per heavy atom. The molecule has 1 aliphatic carbocycles. The number of ether oxygens (including phenoxy) is 1. The highest BCUT2D eigenvalue weighted by atomic mass is 16.5. The lowest BCUT2D eigenvalue weighted by Gasteiger charge is -2.45. The molecule has 0 spiro atoms. The van der Waals surface area contributed by atoms with Crippen LogP contribution in [0.15, 0.2) is 24.3 Å². The van der Waals surface area contributed by atoms with Crippen LogP contribution in [0.5, 0.6) is 0 Å². The number of carbonyl (C=O) groups is 2. The maximum absolute atomic E-state index is 12.4. The summed E-state index contributed by atoms with van der Waals surface area (Å²) in [5, 5.41) is 3.03. The second-order valence-electron chi connectivity index (χ2n) is 5.58. The van der Waals surface area contributed by atoms with Crippen molar-refractivity contribution in [2.75, 3.05) is 7.11 Å². The van der Waals surface area contributed by atoms with Crippen molar-refractivity contribution in [2.24, 2.45) is 5.41 Å². The van der Waals surface area contributed by atoms with Crippen LogP contribution in [0.2, 0.25) is 0 Å². The summed E-state index contributed by atoms with van der Waals surface area (Å²) >= 11 is 0. The van der Waals surface area contributed by atoms with E-state index in [0.717, 1.165) is 11.1 Å². The largest absolute Gasteiger partial charge is 0.469 e. The first-order chi connectivity index (χ1) is 9.03. The molecular weight excluding hydrogens is 242 g/mol. The zero-order valence-corrected chi connectivity index (χ0v) is 11.2. The van der Waals surface area contributed by atoms with Crippen LogP contribution in [-0.2, 0) is 26.3 Å². The van der Waals surface area contributed by atoms with Crippen molar-refractivity contribution in [3.05, 3.63) is 35.4 Å². The van der Waals surface area contributed by atoms with E-state index < -0.39 is 11.0 Å². The van der Waals surface area contributed by atoms with Gasteiger partial charge in [-0.05, 0) is 30.9 Å². The highest BCUT2D eigenvalue weighted by molar-refractivity contribution is 5.88. The van der Waals surface area contributed by atoms with Gasteiger partial charge in [0.25, 0.3) is 0 Å². The van der Waals surface area contributed by atoms with E-state index in [-0.39, 0.29) is 11.9 Å². The fourth-order valence-corrected chi connectivity index (χ4v) is 3.69. The molecule has 4 nitrogen and oxygen atoms in total. The maximum atomic E-state index is 12.4. The van der Waals surface area contributed by atoms with Crippen LogP contribution in [0, 0.1) is 5.41 Å². The molecule has 1 heterocycles. The fraction of sp³-hybridized carbons (Fsp3) is 0.467. The Morgan fingerprint density at radius 2 is 2.11 bits per heavy atom. The zero-order chi connectivity index (χ0) is 13.7. The molecule has 0 saturated carbocycles. The van der Waals surface area contributed by atoms with Crippen LogP contribution in [0.4, 0.5) is 0 Å². The molecule has 0 radical (unpaired) electrons. The minimum Gasteiger partial charge on any atom is -0.469 e. The SMILES string of the molecule is COC(=O)C12CCC(=O)NC1(C)c1ccccc1C2. The fourth-order valence-electron chi connectivity index (χ4n) is 3.69. The average Bonchev–Trinajstić information content (AvgIpc) is 2.67. The molecule has 1 aliphatic heterocycles. The van der Waals surface area contributed by atoms with E-state index in [1.54, 1.807) is 0 Å². The van der Waals surface area contributed by atoms with E-state index in [9.17, 15) is 9.59 Å². The second-order valence-corrected chi connectivity index (χ2v) is 5.58. The van der Waals surface area contributed by atoms with Crippen molar-refractivity contribution in [1.82, 2.24) is 5.32 Å². The molecule has 4 heteroatoms. The predicted molar refractivity (Wildman–Crippen MR) is 69.3 cm³/mol. The van der Waals surface area contributed by atoms with Gasteiger partial charge in [-0.3, -0.25) is 9.59 Å². The number of methoxy groups -OCH3 is 1. The number of rotatable bonds is 1. The van der Waals surface area contributed by atoms with Crippen molar-refractivity contribution in [3.8, 4) is 0 Å². The molecule has 1 aromatic carbocycles. The first-order valence-corrected chi connectivity index (χ1v) is 6.51. The number of carbonyl (C=O) groups excluding carboxylic acids is 2. The number of piperidine rings is 1. The number of amides is 1. The molecule has 1 fully saturated rings. The van der Waals surface area contributed by atoms with Gasteiger partial charge >= 0.3 is 5.97 Å². The number of nitrogens with one attached hydrogen (secondary N) is 1. The zero-order valence-electron chi connectivity index (χ0n) is 11.2. The van der Waals surface area contributed by atoms with Gasteiger partial charge in [0.05, 0.1) is 18.1 Å². The highest BCUT2D eigenvalue weighted by Gasteiger charge is 2.62. The van der Waals surface area contributed by atoms with E-state index in [1.165, 1.54) is 7.11 Å². The van der Waals surface area contributed by atoms with E-state index in [2.05, 4.69) is 5.32 Å². The molecule has 0 bridgehead atoms. The Kier molecular flexibility index (Phi) is 2.46. The van der Waals surface area contributed by atoms with E-state index in [1.807, 2.05) is 31.2 Å². The number of esters is 1. The minimum absolute atomic E-state index is 0.00117. The molecule has 2 unspecified atom stereocenters. The van der Waals surface area contributed by atoms with Gasteiger partial charge in [0.15, 0.2) is 0 Å². The van der Waals surface area contributed by atoms with Crippen LogP contribution >= 0.6 is 0 Å². The van der Waals surface area contributed by atoms with Crippen molar-refractivity contribution >= 4 is 11.9 Å².